The first kappa shape index (κ1) is 18.1. The lowest BCUT2D eigenvalue weighted by Crippen LogP contribution is -2.18. The molecule has 0 unspecified atom stereocenters. The van der Waals surface area contributed by atoms with E-state index >= 15 is 0 Å². The number of anilines is 1. The number of benzene rings is 2. The fourth-order valence-corrected chi connectivity index (χ4v) is 3.90. The van der Waals surface area contributed by atoms with Crippen molar-refractivity contribution in [3.63, 3.8) is 0 Å². The maximum absolute atomic E-state index is 11.4. The summed E-state index contributed by atoms with van der Waals surface area (Å²) in [6, 6.07) is 13.7. The number of hydrogen-bond donors (Lipinski definition) is 2. The zero-order valence-corrected chi connectivity index (χ0v) is 16.4. The van der Waals surface area contributed by atoms with Crippen molar-refractivity contribution in [3.05, 3.63) is 83.7 Å². The average Bonchev–Trinajstić information content (AvgIpc) is 3.03. The van der Waals surface area contributed by atoms with E-state index in [1.165, 1.54) is 16.5 Å². The highest BCUT2D eigenvalue weighted by atomic mass is 16.4. The van der Waals surface area contributed by atoms with Crippen LogP contribution in [0.3, 0.4) is 0 Å². The van der Waals surface area contributed by atoms with Crippen LogP contribution in [0.15, 0.2) is 67.0 Å². The molecule has 0 bridgehead atoms. The van der Waals surface area contributed by atoms with E-state index in [2.05, 4.69) is 73.4 Å². The summed E-state index contributed by atoms with van der Waals surface area (Å²) in [5, 5.41) is 14.0. The number of para-hydroxylation sites is 1. The molecule has 0 saturated carbocycles. The number of nitrogens with one attached hydrogen (secondary N) is 1. The lowest BCUT2D eigenvalue weighted by molar-refractivity contribution is 0.0696. The molecule has 1 aliphatic heterocycles. The molecular weight excluding hydrogens is 348 g/mol. The number of rotatable bonds is 2. The topological polar surface area (TPSA) is 54.3 Å². The molecule has 28 heavy (non-hydrogen) atoms. The normalized spacial score (nSPS) is 18.8. The van der Waals surface area contributed by atoms with Crippen LogP contribution in [0.5, 0.6) is 0 Å². The van der Waals surface area contributed by atoms with Gasteiger partial charge in [0.25, 0.3) is 0 Å². The van der Waals surface area contributed by atoms with Gasteiger partial charge in [-0.3, -0.25) is 0 Å². The predicted molar refractivity (Wildman–Crippen MR) is 115 cm³/mol. The monoisotopic (exact) mass is 372 g/mol. The standard InChI is InChI=1S/C24H24N2O2/c1-24(2)12-10-16(19-15-26(3)22-7-5-4-6-18(19)22)11-13-25-21-9-8-17(23(27)28)14-20(21)24/h4-11,13-15,25H,12H2,1-3H3,(H,27,28)/b13-11-,16-10+. The quantitative estimate of drug-likeness (QED) is 0.618. The van der Waals surface area contributed by atoms with Gasteiger partial charge in [-0.25, -0.2) is 4.79 Å². The van der Waals surface area contributed by atoms with Crippen molar-refractivity contribution < 1.29 is 9.90 Å². The Hall–Kier alpha value is -3.27. The number of aromatic carboxylic acids is 1. The highest BCUT2D eigenvalue weighted by molar-refractivity contribution is 5.95. The van der Waals surface area contributed by atoms with Crippen LogP contribution >= 0.6 is 0 Å². The molecule has 3 aromatic rings. The van der Waals surface area contributed by atoms with Crippen molar-refractivity contribution in [3.8, 4) is 0 Å². The summed E-state index contributed by atoms with van der Waals surface area (Å²) < 4.78 is 2.15. The third-order valence-electron chi connectivity index (χ3n) is 5.54. The molecule has 2 N–H and O–H groups in total. The van der Waals surface area contributed by atoms with Crippen molar-refractivity contribution in [2.75, 3.05) is 5.32 Å². The Kier molecular flexibility index (Phi) is 4.34. The largest absolute Gasteiger partial charge is 0.478 e. The maximum Gasteiger partial charge on any atom is 0.335 e. The van der Waals surface area contributed by atoms with E-state index in [4.69, 9.17) is 0 Å². The molecule has 0 radical (unpaired) electrons. The average molecular weight is 372 g/mol. The first-order valence-corrected chi connectivity index (χ1v) is 9.42. The van der Waals surface area contributed by atoms with Gasteiger partial charge < -0.3 is 15.0 Å². The van der Waals surface area contributed by atoms with Crippen LogP contribution in [-0.4, -0.2) is 15.6 Å². The Morgan fingerprint density at radius 1 is 1.18 bits per heavy atom. The second kappa shape index (κ2) is 6.71. The fraction of sp³-hybridized carbons (Fsp3) is 0.208. The number of carboxylic acid groups (broad SMARTS) is 1. The van der Waals surface area contributed by atoms with Crippen molar-refractivity contribution in [2.24, 2.45) is 7.05 Å². The van der Waals surface area contributed by atoms with Gasteiger partial charge in [0.2, 0.25) is 0 Å². The number of carboxylic acids is 1. The Bertz CT molecular complexity index is 1130. The van der Waals surface area contributed by atoms with Crippen molar-refractivity contribution in [1.29, 1.82) is 0 Å². The highest BCUT2D eigenvalue weighted by Gasteiger charge is 2.25. The molecular formula is C24H24N2O2. The molecule has 0 aliphatic carbocycles. The third kappa shape index (κ3) is 3.11. The highest BCUT2D eigenvalue weighted by Crippen LogP contribution is 2.37. The van der Waals surface area contributed by atoms with E-state index in [-0.39, 0.29) is 5.41 Å². The second-order valence-electron chi connectivity index (χ2n) is 7.96. The van der Waals surface area contributed by atoms with Crippen LogP contribution in [0.1, 0.15) is 41.8 Å². The summed E-state index contributed by atoms with van der Waals surface area (Å²) in [6.45, 7) is 4.31. The zero-order chi connectivity index (χ0) is 19.9. The Balaban J connectivity index is 1.81. The number of nitrogens with zero attached hydrogens (tertiary/aromatic N) is 1. The lowest BCUT2D eigenvalue weighted by Gasteiger charge is -2.26. The third-order valence-corrected chi connectivity index (χ3v) is 5.54. The number of fused-ring (bicyclic) bond motifs is 2. The van der Waals surface area contributed by atoms with Gasteiger partial charge in [0.15, 0.2) is 0 Å². The minimum Gasteiger partial charge on any atom is -0.478 e. The maximum atomic E-state index is 11.4. The van der Waals surface area contributed by atoms with Crippen LogP contribution in [0.2, 0.25) is 0 Å². The SMILES string of the molecule is Cn1cc(C2=C/CC(C)(C)c3cc(C(=O)O)ccc3N/C=C\2)c2ccccc21. The molecule has 0 fully saturated rings. The molecule has 4 rings (SSSR count). The van der Waals surface area contributed by atoms with Gasteiger partial charge in [-0.15, -0.1) is 0 Å². The predicted octanol–water partition coefficient (Wildman–Crippen LogP) is 5.57. The van der Waals surface area contributed by atoms with E-state index < -0.39 is 5.97 Å². The van der Waals surface area contributed by atoms with Crippen LogP contribution < -0.4 is 5.32 Å². The molecule has 1 aromatic heterocycles. The van der Waals surface area contributed by atoms with Crippen molar-refractivity contribution in [1.82, 2.24) is 4.57 Å². The molecule has 0 spiro atoms. The molecule has 4 nitrogen and oxygen atoms in total. The van der Waals surface area contributed by atoms with Crippen LogP contribution in [0.25, 0.3) is 16.5 Å². The number of aromatic nitrogens is 1. The molecule has 142 valence electrons. The van der Waals surface area contributed by atoms with E-state index in [9.17, 15) is 9.90 Å². The molecule has 2 aromatic carbocycles. The first-order valence-electron chi connectivity index (χ1n) is 9.42. The molecule has 1 aliphatic rings. The van der Waals surface area contributed by atoms with Gasteiger partial charge in [0, 0.05) is 41.6 Å². The first-order chi connectivity index (χ1) is 13.4. The zero-order valence-electron chi connectivity index (χ0n) is 16.4. The number of carbonyl (C=O) groups is 1. The van der Waals surface area contributed by atoms with Gasteiger partial charge in [0.05, 0.1) is 5.56 Å². The number of hydrogen-bond acceptors (Lipinski definition) is 2. The second-order valence-corrected chi connectivity index (χ2v) is 7.96. The number of aryl methyl sites for hydroxylation is 1. The molecule has 0 amide bonds. The van der Waals surface area contributed by atoms with Gasteiger partial charge >= 0.3 is 5.97 Å². The molecule has 0 saturated heterocycles. The summed E-state index contributed by atoms with van der Waals surface area (Å²) in [5.41, 5.74) is 5.61. The molecule has 4 heteroatoms. The van der Waals surface area contributed by atoms with Crippen molar-refractivity contribution in [2.45, 2.75) is 25.7 Å². The lowest BCUT2D eigenvalue weighted by atomic mass is 9.79. The van der Waals surface area contributed by atoms with Gasteiger partial charge in [-0.2, -0.15) is 0 Å². The smallest absolute Gasteiger partial charge is 0.335 e. The van der Waals surface area contributed by atoms with Gasteiger partial charge in [0.1, 0.15) is 0 Å². The minimum absolute atomic E-state index is 0.213. The summed E-state index contributed by atoms with van der Waals surface area (Å²) >= 11 is 0. The Labute approximate surface area is 164 Å². The van der Waals surface area contributed by atoms with Gasteiger partial charge in [-0.1, -0.05) is 38.1 Å². The summed E-state index contributed by atoms with van der Waals surface area (Å²) in [5.74, 6) is -0.902. The Morgan fingerprint density at radius 3 is 2.75 bits per heavy atom. The van der Waals surface area contributed by atoms with E-state index in [1.54, 1.807) is 12.1 Å². The van der Waals surface area contributed by atoms with E-state index in [0.717, 1.165) is 23.2 Å². The Morgan fingerprint density at radius 2 is 1.96 bits per heavy atom. The summed E-state index contributed by atoms with van der Waals surface area (Å²) in [4.78, 5) is 11.4. The summed E-state index contributed by atoms with van der Waals surface area (Å²) in [7, 11) is 2.07. The number of allylic oxidation sites excluding steroid dienone is 3. The minimum atomic E-state index is -0.902. The van der Waals surface area contributed by atoms with Crippen molar-refractivity contribution >= 4 is 28.1 Å². The van der Waals surface area contributed by atoms with E-state index in [1.807, 2.05) is 12.3 Å². The fourth-order valence-electron chi connectivity index (χ4n) is 3.90. The summed E-state index contributed by atoms with van der Waals surface area (Å²) in [6.07, 6.45) is 9.25. The van der Waals surface area contributed by atoms with Crippen LogP contribution in [0.4, 0.5) is 5.69 Å². The van der Waals surface area contributed by atoms with Crippen LogP contribution in [0, 0.1) is 0 Å². The van der Waals surface area contributed by atoms with E-state index in [0.29, 0.717) is 5.56 Å². The van der Waals surface area contributed by atoms with Gasteiger partial charge in [-0.05, 0) is 53.3 Å². The molecule has 2 heterocycles. The molecule has 0 atom stereocenters. The van der Waals surface area contributed by atoms with Crippen LogP contribution in [-0.2, 0) is 12.5 Å².